The number of rotatable bonds is 6. The molecule has 2 aromatic carbocycles. The fraction of sp³-hybridized carbons (Fsp3) is 0.308. The predicted octanol–water partition coefficient (Wildman–Crippen LogP) is 3.89. The van der Waals surface area contributed by atoms with Gasteiger partial charge in [0.25, 0.3) is 5.91 Å². The van der Waals surface area contributed by atoms with Crippen molar-refractivity contribution in [3.05, 3.63) is 76.7 Å². The number of amides is 1. The van der Waals surface area contributed by atoms with Crippen LogP contribution in [0.4, 0.5) is 10.2 Å². The normalized spacial score (nSPS) is 17.1. The summed E-state index contributed by atoms with van der Waals surface area (Å²) in [5.41, 5.74) is 7.05. The standard InChI is InChI=1S/C26H28BClFN3O4/c1-25(2)26(3,4)36-27(35-25)17-12-20(23(30)31-13-17)15-8-9-19(21(29)11-15)24(34)32-22(14-33)16-6-5-7-18(28)10-16/h5-13,22,33H,14H2,1-4H3,(H2,30,31)(H,32,34)/t22-/m1/s1. The molecule has 1 aliphatic rings. The van der Waals surface area contributed by atoms with Gasteiger partial charge in [-0.2, -0.15) is 0 Å². The molecule has 10 heteroatoms. The van der Waals surface area contributed by atoms with Gasteiger partial charge in [0.15, 0.2) is 0 Å². The lowest BCUT2D eigenvalue weighted by Gasteiger charge is -2.32. The van der Waals surface area contributed by atoms with Gasteiger partial charge < -0.3 is 25.5 Å². The van der Waals surface area contributed by atoms with Crippen LogP contribution in [0.15, 0.2) is 54.7 Å². The zero-order valence-electron chi connectivity index (χ0n) is 20.5. The first-order valence-electron chi connectivity index (χ1n) is 11.5. The molecule has 7 nitrogen and oxygen atoms in total. The van der Waals surface area contributed by atoms with E-state index in [1.54, 1.807) is 42.6 Å². The van der Waals surface area contributed by atoms with Crippen LogP contribution in [0.2, 0.25) is 5.02 Å². The number of hydrogen-bond acceptors (Lipinski definition) is 6. The van der Waals surface area contributed by atoms with Crippen LogP contribution in [0.25, 0.3) is 11.1 Å². The van der Waals surface area contributed by atoms with Gasteiger partial charge in [0.05, 0.1) is 29.4 Å². The van der Waals surface area contributed by atoms with Crippen LogP contribution in [0, 0.1) is 5.82 Å². The summed E-state index contributed by atoms with van der Waals surface area (Å²) in [7, 11) is -0.654. The highest BCUT2D eigenvalue weighted by molar-refractivity contribution is 6.62. The molecule has 0 radical (unpaired) electrons. The molecule has 2 heterocycles. The summed E-state index contributed by atoms with van der Waals surface area (Å²) >= 11 is 6.01. The molecule has 188 valence electrons. The third-order valence-electron chi connectivity index (χ3n) is 6.73. The smallest absolute Gasteiger partial charge is 0.399 e. The SMILES string of the molecule is CC1(C)OB(c2cnc(N)c(-c3ccc(C(=O)N[C@H](CO)c4cccc(Cl)c4)c(F)c3)c2)OC1(C)C. The Morgan fingerprint density at radius 1 is 1.17 bits per heavy atom. The molecule has 1 fully saturated rings. The van der Waals surface area contributed by atoms with Crippen LogP contribution in [0.5, 0.6) is 0 Å². The Bertz CT molecular complexity index is 1290. The maximum atomic E-state index is 15.1. The van der Waals surface area contributed by atoms with Crippen molar-refractivity contribution in [1.29, 1.82) is 0 Å². The van der Waals surface area contributed by atoms with E-state index in [0.717, 1.165) is 0 Å². The second kappa shape index (κ2) is 9.82. The van der Waals surface area contributed by atoms with Crippen molar-refractivity contribution in [2.24, 2.45) is 0 Å². The van der Waals surface area contributed by atoms with Crippen molar-refractivity contribution in [3.63, 3.8) is 0 Å². The highest BCUT2D eigenvalue weighted by atomic mass is 35.5. The van der Waals surface area contributed by atoms with E-state index in [0.29, 0.717) is 27.2 Å². The maximum Gasteiger partial charge on any atom is 0.496 e. The predicted molar refractivity (Wildman–Crippen MR) is 139 cm³/mol. The Labute approximate surface area is 214 Å². The van der Waals surface area contributed by atoms with E-state index >= 15 is 4.39 Å². The number of nitrogens with one attached hydrogen (secondary N) is 1. The van der Waals surface area contributed by atoms with E-state index in [1.165, 1.54) is 12.1 Å². The van der Waals surface area contributed by atoms with E-state index in [-0.39, 0.29) is 18.0 Å². The lowest BCUT2D eigenvalue weighted by molar-refractivity contribution is 0.00578. The van der Waals surface area contributed by atoms with Gasteiger partial charge in [0.2, 0.25) is 0 Å². The fourth-order valence-corrected chi connectivity index (χ4v) is 4.09. The molecule has 0 bridgehead atoms. The van der Waals surface area contributed by atoms with Crippen LogP contribution in [0.3, 0.4) is 0 Å². The molecule has 0 spiro atoms. The Balaban J connectivity index is 1.58. The van der Waals surface area contributed by atoms with Gasteiger partial charge in [0.1, 0.15) is 11.6 Å². The van der Waals surface area contributed by atoms with E-state index in [2.05, 4.69) is 10.3 Å². The molecule has 36 heavy (non-hydrogen) atoms. The summed E-state index contributed by atoms with van der Waals surface area (Å²) in [5, 5.41) is 12.9. The molecule has 0 aliphatic carbocycles. The van der Waals surface area contributed by atoms with Gasteiger partial charge in [-0.3, -0.25) is 4.79 Å². The number of carbonyl (C=O) groups is 1. The van der Waals surface area contributed by atoms with Gasteiger partial charge in [0, 0.05) is 22.2 Å². The second-order valence-electron chi connectivity index (χ2n) is 9.75. The first-order valence-corrected chi connectivity index (χ1v) is 11.9. The minimum atomic E-state index is -0.744. The van der Waals surface area contributed by atoms with Crippen LogP contribution in [-0.4, -0.2) is 40.9 Å². The molecular weight excluding hydrogens is 484 g/mol. The van der Waals surface area contributed by atoms with Gasteiger partial charge >= 0.3 is 7.12 Å². The third kappa shape index (κ3) is 5.10. The zero-order chi connectivity index (χ0) is 26.3. The van der Waals surface area contributed by atoms with Gasteiger partial charge in [-0.1, -0.05) is 29.8 Å². The number of aliphatic hydroxyl groups excluding tert-OH is 1. The average molecular weight is 512 g/mol. The zero-order valence-corrected chi connectivity index (χ0v) is 21.3. The topological polar surface area (TPSA) is 107 Å². The second-order valence-corrected chi connectivity index (χ2v) is 10.2. The number of hydrogen-bond donors (Lipinski definition) is 3. The number of nitrogens with two attached hydrogens (primary N) is 1. The molecule has 4 rings (SSSR count). The Hall–Kier alpha value is -2.98. The highest BCUT2D eigenvalue weighted by Gasteiger charge is 2.51. The lowest BCUT2D eigenvalue weighted by atomic mass is 9.79. The fourth-order valence-electron chi connectivity index (χ4n) is 3.89. The monoisotopic (exact) mass is 511 g/mol. The number of pyridine rings is 1. The average Bonchev–Trinajstić information content (AvgIpc) is 3.04. The summed E-state index contributed by atoms with van der Waals surface area (Å²) in [6, 6.07) is 11.9. The molecular formula is C26H28BClFN3O4. The van der Waals surface area contributed by atoms with E-state index in [9.17, 15) is 9.90 Å². The van der Waals surface area contributed by atoms with E-state index in [1.807, 2.05) is 27.7 Å². The lowest BCUT2D eigenvalue weighted by Crippen LogP contribution is -2.41. The first kappa shape index (κ1) is 26.1. The third-order valence-corrected chi connectivity index (χ3v) is 6.96. The number of halogens is 2. The Morgan fingerprint density at radius 3 is 2.47 bits per heavy atom. The Morgan fingerprint density at radius 2 is 1.86 bits per heavy atom. The number of nitrogen functional groups attached to an aromatic ring is 1. The summed E-state index contributed by atoms with van der Waals surface area (Å²) in [4.78, 5) is 17.0. The molecule has 0 saturated carbocycles. The van der Waals surface area contributed by atoms with Crippen molar-refractivity contribution in [3.8, 4) is 11.1 Å². The summed E-state index contributed by atoms with van der Waals surface area (Å²) in [6.45, 7) is 7.42. The maximum absolute atomic E-state index is 15.1. The number of benzene rings is 2. The molecule has 0 unspecified atom stereocenters. The minimum Gasteiger partial charge on any atom is -0.399 e. The molecule has 1 aromatic heterocycles. The number of aliphatic hydroxyl groups is 1. The molecule has 1 aliphatic heterocycles. The quantitative estimate of drug-likeness (QED) is 0.434. The molecule has 3 aromatic rings. The van der Waals surface area contributed by atoms with Gasteiger partial charge in [-0.05, 0) is 69.2 Å². The largest absolute Gasteiger partial charge is 0.496 e. The van der Waals surface area contributed by atoms with Crippen molar-refractivity contribution < 1.29 is 23.6 Å². The van der Waals surface area contributed by atoms with Crippen molar-refractivity contribution in [1.82, 2.24) is 10.3 Å². The first-order chi connectivity index (χ1) is 16.9. The van der Waals surface area contributed by atoms with E-state index < -0.39 is 36.1 Å². The number of carbonyl (C=O) groups excluding carboxylic acids is 1. The molecule has 1 atom stereocenters. The molecule has 4 N–H and O–H groups in total. The number of anilines is 1. The van der Waals surface area contributed by atoms with Crippen molar-refractivity contribution in [2.45, 2.75) is 44.9 Å². The van der Waals surface area contributed by atoms with Gasteiger partial charge in [-0.25, -0.2) is 9.37 Å². The molecule has 1 saturated heterocycles. The van der Waals surface area contributed by atoms with Crippen molar-refractivity contribution in [2.75, 3.05) is 12.3 Å². The Kier molecular flexibility index (Phi) is 7.12. The van der Waals surface area contributed by atoms with Gasteiger partial charge in [-0.15, -0.1) is 0 Å². The van der Waals surface area contributed by atoms with Crippen LogP contribution in [0.1, 0.15) is 49.7 Å². The number of aromatic nitrogens is 1. The van der Waals surface area contributed by atoms with Crippen LogP contribution in [-0.2, 0) is 9.31 Å². The van der Waals surface area contributed by atoms with Crippen LogP contribution < -0.4 is 16.5 Å². The summed E-state index contributed by atoms with van der Waals surface area (Å²) in [5.74, 6) is -1.21. The number of nitrogens with zero attached hydrogens (tertiary/aromatic N) is 1. The summed E-state index contributed by atoms with van der Waals surface area (Å²) < 4.78 is 27.3. The summed E-state index contributed by atoms with van der Waals surface area (Å²) in [6.07, 6.45) is 1.57. The van der Waals surface area contributed by atoms with Crippen molar-refractivity contribution >= 4 is 35.9 Å². The van der Waals surface area contributed by atoms with E-state index in [4.69, 9.17) is 26.6 Å². The van der Waals surface area contributed by atoms with Crippen LogP contribution >= 0.6 is 11.6 Å². The highest BCUT2D eigenvalue weighted by Crippen LogP contribution is 2.37. The molecule has 1 amide bonds. The minimum absolute atomic E-state index is 0.173.